The molecule has 1 aliphatic rings. The van der Waals surface area contributed by atoms with Crippen molar-refractivity contribution in [1.82, 2.24) is 9.88 Å². The van der Waals surface area contributed by atoms with Crippen LogP contribution < -0.4 is 0 Å². The number of methoxy groups -OCH3 is 1. The van der Waals surface area contributed by atoms with E-state index in [1.165, 1.54) is 12.7 Å². The van der Waals surface area contributed by atoms with Crippen molar-refractivity contribution in [3.05, 3.63) is 65.5 Å². The normalized spacial score (nSPS) is 18.8. The van der Waals surface area contributed by atoms with Crippen LogP contribution in [0.5, 0.6) is 0 Å². The summed E-state index contributed by atoms with van der Waals surface area (Å²) in [6.07, 6.45) is 1.07. The molecule has 26 heavy (non-hydrogen) atoms. The second-order valence-corrected chi connectivity index (χ2v) is 6.73. The number of ketones is 1. The lowest BCUT2D eigenvalue weighted by molar-refractivity contribution is -0.147. The number of hydrogen-bond acceptors (Lipinski definition) is 5. The van der Waals surface area contributed by atoms with Gasteiger partial charge in [0.2, 0.25) is 0 Å². The molecule has 5 heteroatoms. The Morgan fingerprint density at radius 3 is 2.65 bits per heavy atom. The van der Waals surface area contributed by atoms with Crippen LogP contribution in [0.4, 0.5) is 0 Å². The van der Waals surface area contributed by atoms with Crippen LogP contribution in [0.2, 0.25) is 0 Å². The van der Waals surface area contributed by atoms with Gasteiger partial charge in [0.25, 0.3) is 0 Å². The number of benzene rings is 1. The van der Waals surface area contributed by atoms with E-state index in [9.17, 15) is 9.59 Å². The van der Waals surface area contributed by atoms with Crippen molar-refractivity contribution < 1.29 is 14.3 Å². The van der Waals surface area contributed by atoms with Crippen LogP contribution >= 0.6 is 0 Å². The molecule has 2 heterocycles. The van der Waals surface area contributed by atoms with E-state index in [1.54, 1.807) is 0 Å². The molecule has 0 saturated heterocycles. The maximum Gasteiger partial charge on any atom is 0.309 e. The Kier molecular flexibility index (Phi) is 6.12. The SMILES string of the molecule is COC(=O)C1CC(=O)CCN(Cc2ccccc2)Cc2cccc(n2)C1. The lowest BCUT2D eigenvalue weighted by Gasteiger charge is -2.21. The predicted octanol–water partition coefficient (Wildman–Crippen LogP) is 2.78. The molecule has 0 spiro atoms. The van der Waals surface area contributed by atoms with E-state index in [0.29, 0.717) is 25.9 Å². The fraction of sp³-hybridized carbons (Fsp3) is 0.381. The molecule has 2 bridgehead atoms. The third kappa shape index (κ3) is 4.99. The lowest BCUT2D eigenvalue weighted by atomic mass is 9.95. The molecule has 1 atom stereocenters. The minimum absolute atomic E-state index is 0.0912. The van der Waals surface area contributed by atoms with Crippen molar-refractivity contribution in [2.45, 2.75) is 32.4 Å². The number of esters is 1. The Morgan fingerprint density at radius 2 is 1.88 bits per heavy atom. The molecule has 1 aliphatic heterocycles. The molecule has 0 aliphatic carbocycles. The van der Waals surface area contributed by atoms with Gasteiger partial charge in [-0.3, -0.25) is 19.5 Å². The van der Waals surface area contributed by atoms with Gasteiger partial charge in [0, 0.05) is 44.6 Å². The van der Waals surface area contributed by atoms with Gasteiger partial charge in [0.15, 0.2) is 0 Å². The first-order valence-electron chi connectivity index (χ1n) is 8.94. The van der Waals surface area contributed by atoms with E-state index < -0.39 is 5.92 Å². The van der Waals surface area contributed by atoms with Gasteiger partial charge in [-0.2, -0.15) is 0 Å². The molecule has 2 aromatic rings. The molecule has 0 saturated carbocycles. The van der Waals surface area contributed by atoms with Crippen molar-refractivity contribution in [3.63, 3.8) is 0 Å². The number of pyridine rings is 1. The van der Waals surface area contributed by atoms with E-state index >= 15 is 0 Å². The first-order valence-corrected chi connectivity index (χ1v) is 8.94. The second-order valence-electron chi connectivity index (χ2n) is 6.73. The number of carbonyl (C=O) groups excluding carboxylic acids is 2. The maximum absolute atomic E-state index is 12.4. The van der Waals surface area contributed by atoms with Crippen LogP contribution in [0.3, 0.4) is 0 Å². The monoisotopic (exact) mass is 352 g/mol. The summed E-state index contributed by atoms with van der Waals surface area (Å²) >= 11 is 0. The molecule has 0 N–H and O–H groups in total. The number of rotatable bonds is 3. The van der Waals surface area contributed by atoms with Crippen LogP contribution in [0.25, 0.3) is 0 Å². The van der Waals surface area contributed by atoms with Crippen LogP contribution in [0.15, 0.2) is 48.5 Å². The molecular weight excluding hydrogens is 328 g/mol. The van der Waals surface area contributed by atoms with E-state index in [0.717, 1.165) is 17.9 Å². The molecular formula is C21H24N2O3. The highest BCUT2D eigenvalue weighted by molar-refractivity contribution is 5.84. The van der Waals surface area contributed by atoms with Gasteiger partial charge in [0.1, 0.15) is 5.78 Å². The Bertz CT molecular complexity index is 761. The molecule has 1 unspecified atom stereocenters. The number of aromatic nitrogens is 1. The summed E-state index contributed by atoms with van der Waals surface area (Å²) in [6.45, 7) is 2.09. The average molecular weight is 352 g/mol. The van der Waals surface area contributed by atoms with Crippen LogP contribution in [0, 0.1) is 5.92 Å². The second kappa shape index (κ2) is 8.72. The molecule has 0 fully saturated rings. The summed E-state index contributed by atoms with van der Waals surface area (Å²) in [7, 11) is 1.36. The molecule has 1 aromatic carbocycles. The minimum Gasteiger partial charge on any atom is -0.469 e. The van der Waals surface area contributed by atoms with Crippen molar-refractivity contribution in [2.75, 3.05) is 13.7 Å². The van der Waals surface area contributed by atoms with Gasteiger partial charge in [-0.1, -0.05) is 36.4 Å². The summed E-state index contributed by atoms with van der Waals surface area (Å²) in [4.78, 5) is 31.4. The van der Waals surface area contributed by atoms with Crippen LogP contribution in [-0.2, 0) is 33.8 Å². The van der Waals surface area contributed by atoms with Gasteiger partial charge >= 0.3 is 5.97 Å². The molecule has 3 rings (SSSR count). The summed E-state index contributed by atoms with van der Waals surface area (Å²) < 4.78 is 4.88. The van der Waals surface area contributed by atoms with Crippen molar-refractivity contribution >= 4 is 11.8 Å². The van der Waals surface area contributed by atoms with Gasteiger partial charge in [0.05, 0.1) is 18.7 Å². The number of carbonyl (C=O) groups is 2. The van der Waals surface area contributed by atoms with E-state index in [2.05, 4.69) is 17.0 Å². The zero-order valence-corrected chi connectivity index (χ0v) is 15.1. The minimum atomic E-state index is -0.462. The highest BCUT2D eigenvalue weighted by atomic mass is 16.5. The van der Waals surface area contributed by atoms with Gasteiger partial charge in [-0.25, -0.2) is 0 Å². The Morgan fingerprint density at radius 1 is 1.12 bits per heavy atom. The number of hydrogen-bond donors (Lipinski definition) is 0. The fourth-order valence-corrected chi connectivity index (χ4v) is 3.33. The highest BCUT2D eigenvalue weighted by Gasteiger charge is 2.25. The Labute approximate surface area is 154 Å². The Hall–Kier alpha value is -2.53. The zero-order valence-electron chi connectivity index (χ0n) is 15.1. The third-order valence-electron chi connectivity index (χ3n) is 4.67. The zero-order chi connectivity index (χ0) is 18.4. The standard InChI is InChI=1S/C21H24N2O3/c1-26-21(25)17-12-18-8-5-9-19(22-18)15-23(11-10-20(24)13-17)14-16-6-3-2-4-7-16/h2-9,17H,10-15H2,1H3. The molecule has 0 radical (unpaired) electrons. The molecule has 1 aromatic heterocycles. The van der Waals surface area contributed by atoms with Crippen LogP contribution in [-0.4, -0.2) is 35.3 Å². The average Bonchev–Trinajstić information content (AvgIpc) is 2.67. The largest absolute Gasteiger partial charge is 0.469 e. The first-order chi connectivity index (χ1) is 12.6. The quantitative estimate of drug-likeness (QED) is 0.795. The number of nitrogens with zero attached hydrogens (tertiary/aromatic N) is 2. The van der Waals surface area contributed by atoms with Crippen molar-refractivity contribution in [1.29, 1.82) is 0 Å². The van der Waals surface area contributed by atoms with Crippen molar-refractivity contribution in [3.8, 4) is 0 Å². The predicted molar refractivity (Wildman–Crippen MR) is 98.2 cm³/mol. The molecule has 136 valence electrons. The summed E-state index contributed by atoms with van der Waals surface area (Å²) in [5.74, 6) is -0.713. The maximum atomic E-state index is 12.4. The first kappa shape index (κ1) is 18.3. The van der Waals surface area contributed by atoms with E-state index in [1.807, 2.05) is 36.4 Å². The summed E-state index contributed by atoms with van der Waals surface area (Å²) in [6, 6.07) is 16.1. The van der Waals surface area contributed by atoms with Crippen LogP contribution in [0.1, 0.15) is 29.8 Å². The smallest absolute Gasteiger partial charge is 0.309 e. The van der Waals surface area contributed by atoms with E-state index in [-0.39, 0.29) is 18.2 Å². The molecule has 5 nitrogen and oxygen atoms in total. The van der Waals surface area contributed by atoms with E-state index in [4.69, 9.17) is 9.72 Å². The third-order valence-corrected chi connectivity index (χ3v) is 4.67. The fourth-order valence-electron chi connectivity index (χ4n) is 3.33. The Balaban J connectivity index is 1.82. The number of Topliss-reactive ketones (excluding diaryl/α,β-unsaturated/α-hetero) is 1. The van der Waals surface area contributed by atoms with Crippen molar-refractivity contribution in [2.24, 2.45) is 5.92 Å². The molecule has 0 amide bonds. The highest BCUT2D eigenvalue weighted by Crippen LogP contribution is 2.18. The number of fused-ring (bicyclic) bond motifs is 2. The topological polar surface area (TPSA) is 59.5 Å². The lowest BCUT2D eigenvalue weighted by Crippen LogP contribution is -2.27. The summed E-state index contributed by atoms with van der Waals surface area (Å²) in [5.41, 5.74) is 2.99. The number of ether oxygens (including phenoxy) is 1. The van der Waals surface area contributed by atoms with Gasteiger partial charge in [-0.05, 0) is 17.7 Å². The summed E-state index contributed by atoms with van der Waals surface area (Å²) in [5, 5.41) is 0. The van der Waals surface area contributed by atoms with Gasteiger partial charge < -0.3 is 4.74 Å². The van der Waals surface area contributed by atoms with Gasteiger partial charge in [-0.15, -0.1) is 0 Å².